The van der Waals surface area contributed by atoms with E-state index in [2.05, 4.69) is 16.3 Å². The lowest BCUT2D eigenvalue weighted by Crippen LogP contribution is -2.35. The number of piperidine rings is 1. The van der Waals surface area contributed by atoms with Gasteiger partial charge in [0.15, 0.2) is 5.57 Å². The second-order valence-electron chi connectivity index (χ2n) is 8.05. The van der Waals surface area contributed by atoms with Crippen molar-refractivity contribution in [2.24, 2.45) is 0 Å². The molecule has 10 heteroatoms. The molecule has 1 aromatic carbocycles. The molecule has 34 heavy (non-hydrogen) atoms. The summed E-state index contributed by atoms with van der Waals surface area (Å²) in [5.41, 5.74) is 1.31. The van der Waals surface area contributed by atoms with E-state index < -0.39 is 18.9 Å². The van der Waals surface area contributed by atoms with Crippen LogP contribution in [0.1, 0.15) is 31.7 Å². The van der Waals surface area contributed by atoms with Crippen molar-refractivity contribution in [1.29, 1.82) is 5.26 Å². The van der Waals surface area contributed by atoms with Crippen molar-refractivity contribution in [2.45, 2.75) is 45.6 Å². The zero-order valence-corrected chi connectivity index (χ0v) is 20.0. The fourth-order valence-corrected chi connectivity index (χ4v) is 4.97. The Hall–Kier alpha value is -3.03. The van der Waals surface area contributed by atoms with Crippen LogP contribution in [0.5, 0.6) is 0 Å². The highest BCUT2D eigenvalue weighted by atomic mass is 32.1. The number of carbonyl (C=O) groups excluding carboxylic acids is 1. The van der Waals surface area contributed by atoms with E-state index in [9.17, 15) is 23.6 Å². The summed E-state index contributed by atoms with van der Waals surface area (Å²) < 4.78 is 26.6. The van der Waals surface area contributed by atoms with Gasteiger partial charge in [0.1, 0.15) is 15.3 Å². The number of hydrogen-bond acceptors (Lipinski definition) is 6. The molecular weight excluding hydrogens is 460 g/mol. The van der Waals surface area contributed by atoms with Crippen LogP contribution < -0.4 is 25.4 Å². The van der Waals surface area contributed by atoms with Crippen LogP contribution >= 0.6 is 11.3 Å². The van der Waals surface area contributed by atoms with Crippen LogP contribution in [0, 0.1) is 11.3 Å². The van der Waals surface area contributed by atoms with E-state index in [1.807, 2.05) is 23.5 Å². The second kappa shape index (κ2) is 12.4. The quantitative estimate of drug-likeness (QED) is 0.561. The number of nitriles is 1. The van der Waals surface area contributed by atoms with Crippen molar-refractivity contribution in [3.63, 3.8) is 0 Å². The average molecular weight is 490 g/mol. The van der Waals surface area contributed by atoms with E-state index in [4.69, 9.17) is 0 Å². The normalized spacial score (nSPS) is 15.8. The molecule has 0 atom stereocenters. The smallest absolute Gasteiger partial charge is 0.270 e. The maximum absolute atomic E-state index is 12.8. The molecule has 7 nitrogen and oxygen atoms in total. The molecule has 0 unspecified atom stereocenters. The summed E-state index contributed by atoms with van der Waals surface area (Å²) >= 11 is 0.976. The van der Waals surface area contributed by atoms with Crippen molar-refractivity contribution in [2.75, 3.05) is 31.5 Å². The Balaban J connectivity index is 1.81. The number of halogens is 2. The van der Waals surface area contributed by atoms with Crippen LogP contribution in [0.4, 0.5) is 14.5 Å². The first-order valence-electron chi connectivity index (χ1n) is 11.4. The summed E-state index contributed by atoms with van der Waals surface area (Å²) in [5, 5.41) is 14.6. The molecule has 0 aliphatic carbocycles. The molecular formula is C24H29F2N5O2S. The number of nitrogens with one attached hydrogen (secondary N) is 2. The van der Waals surface area contributed by atoms with Gasteiger partial charge in [0, 0.05) is 25.0 Å². The number of benzene rings is 1. The van der Waals surface area contributed by atoms with Crippen LogP contribution in [0.25, 0.3) is 11.8 Å². The highest BCUT2D eigenvalue weighted by molar-refractivity contribution is 7.07. The SMILES string of the molecule is CCn1c(=O)/c(=C\Nc2cccc(CCN3CCCCC3)c2)s/c1=C(/C#N)C(=O)NCC(F)F. The van der Waals surface area contributed by atoms with Gasteiger partial charge in [0.25, 0.3) is 17.9 Å². The maximum atomic E-state index is 12.8. The fourth-order valence-electron chi connectivity index (χ4n) is 3.88. The summed E-state index contributed by atoms with van der Waals surface area (Å²) in [6, 6.07) is 9.73. The van der Waals surface area contributed by atoms with E-state index in [1.165, 1.54) is 29.4 Å². The molecule has 0 saturated carbocycles. The van der Waals surface area contributed by atoms with Crippen LogP contribution in [-0.4, -0.2) is 48.0 Å². The van der Waals surface area contributed by atoms with Crippen LogP contribution in [0.3, 0.4) is 0 Å². The first kappa shape index (κ1) is 25.6. The number of alkyl halides is 2. The summed E-state index contributed by atoms with van der Waals surface area (Å²) in [4.78, 5) is 27.5. The molecule has 1 aromatic heterocycles. The molecule has 1 aliphatic rings. The molecule has 2 aromatic rings. The molecule has 0 spiro atoms. The van der Waals surface area contributed by atoms with Gasteiger partial charge >= 0.3 is 0 Å². The van der Waals surface area contributed by atoms with Crippen molar-refractivity contribution in [3.05, 3.63) is 49.4 Å². The second-order valence-corrected chi connectivity index (χ2v) is 9.08. The van der Waals surface area contributed by atoms with Crippen LogP contribution in [0.15, 0.2) is 29.1 Å². The van der Waals surface area contributed by atoms with Gasteiger partial charge in [-0.3, -0.25) is 14.2 Å². The number of rotatable bonds is 9. The van der Waals surface area contributed by atoms with E-state index in [0.717, 1.165) is 43.1 Å². The third kappa shape index (κ3) is 6.74. The maximum Gasteiger partial charge on any atom is 0.270 e. The molecule has 2 heterocycles. The first-order valence-corrected chi connectivity index (χ1v) is 12.2. The largest absolute Gasteiger partial charge is 0.360 e. The minimum absolute atomic E-state index is 0.144. The molecule has 182 valence electrons. The lowest BCUT2D eigenvalue weighted by atomic mass is 10.1. The van der Waals surface area contributed by atoms with Gasteiger partial charge in [-0.15, -0.1) is 11.3 Å². The molecule has 2 N–H and O–H groups in total. The lowest BCUT2D eigenvalue weighted by Gasteiger charge is -2.26. The highest BCUT2D eigenvalue weighted by Gasteiger charge is 2.16. The number of thiazole rings is 1. The topological polar surface area (TPSA) is 90.2 Å². The molecule has 1 fully saturated rings. The van der Waals surface area contributed by atoms with Crippen molar-refractivity contribution >= 4 is 34.7 Å². The lowest BCUT2D eigenvalue weighted by molar-refractivity contribution is -0.116. The zero-order valence-electron chi connectivity index (χ0n) is 19.2. The number of hydrogen-bond donors (Lipinski definition) is 2. The van der Waals surface area contributed by atoms with Gasteiger partial charge in [-0.25, -0.2) is 8.78 Å². The molecule has 3 rings (SSSR count). The fraction of sp³-hybridized carbons (Fsp3) is 0.458. The standard InChI is InChI=1S/C24H29F2N5O2S/c1-2-31-23(33)20(34-24(31)19(14-27)22(32)29-16-21(25)26)15-28-18-8-6-7-17(13-18)9-12-30-10-4-3-5-11-30/h6-8,13,15,21,28H,2-5,9-12,16H2,1H3,(H,29,32)/b20-15+,24-19-. The predicted molar refractivity (Wildman–Crippen MR) is 130 cm³/mol. The van der Waals surface area contributed by atoms with E-state index in [0.29, 0.717) is 4.53 Å². The Labute approximate surface area is 201 Å². The highest BCUT2D eigenvalue weighted by Crippen LogP contribution is 2.14. The number of anilines is 1. The van der Waals surface area contributed by atoms with Gasteiger partial charge in [0.05, 0.1) is 6.54 Å². The van der Waals surface area contributed by atoms with Gasteiger partial charge in [0.2, 0.25) is 0 Å². The molecule has 0 radical (unpaired) electrons. The summed E-state index contributed by atoms with van der Waals surface area (Å²) in [6.07, 6.45) is 3.59. The van der Waals surface area contributed by atoms with Crippen molar-refractivity contribution in [1.82, 2.24) is 14.8 Å². The van der Waals surface area contributed by atoms with Crippen LogP contribution in [0.2, 0.25) is 0 Å². The number of carbonyl (C=O) groups is 1. The van der Waals surface area contributed by atoms with Gasteiger partial charge in [-0.2, -0.15) is 5.26 Å². The minimum Gasteiger partial charge on any atom is -0.360 e. The monoisotopic (exact) mass is 489 g/mol. The Morgan fingerprint density at radius 3 is 2.74 bits per heavy atom. The third-order valence-corrected chi connectivity index (χ3v) is 6.79. The summed E-state index contributed by atoms with van der Waals surface area (Å²) in [5.74, 6) is -0.924. The van der Waals surface area contributed by atoms with E-state index in [1.54, 1.807) is 19.2 Å². The molecule has 0 bridgehead atoms. The zero-order chi connectivity index (χ0) is 24.5. The molecule has 1 saturated heterocycles. The molecule has 1 amide bonds. The van der Waals surface area contributed by atoms with Gasteiger partial charge in [-0.1, -0.05) is 18.6 Å². The Kier molecular flexibility index (Phi) is 9.36. The summed E-state index contributed by atoms with van der Waals surface area (Å²) in [7, 11) is 0. The predicted octanol–water partition coefficient (Wildman–Crippen LogP) is 1.86. The van der Waals surface area contributed by atoms with Gasteiger partial charge < -0.3 is 15.5 Å². The number of amides is 1. The molecule has 1 aliphatic heterocycles. The first-order chi connectivity index (χ1) is 16.4. The Bertz CT molecular complexity index is 1210. The van der Waals surface area contributed by atoms with Crippen LogP contribution in [-0.2, 0) is 17.8 Å². The Morgan fingerprint density at radius 1 is 1.29 bits per heavy atom. The summed E-state index contributed by atoms with van der Waals surface area (Å²) in [6.45, 7) is 4.41. The van der Waals surface area contributed by atoms with Crippen molar-refractivity contribution in [3.8, 4) is 6.07 Å². The third-order valence-electron chi connectivity index (χ3n) is 5.66. The minimum atomic E-state index is -2.73. The number of nitrogens with zero attached hydrogens (tertiary/aromatic N) is 3. The van der Waals surface area contributed by atoms with E-state index in [-0.39, 0.29) is 22.3 Å². The number of likely N-dealkylation sites (tertiary alicyclic amines) is 1. The van der Waals surface area contributed by atoms with Crippen molar-refractivity contribution < 1.29 is 13.6 Å². The Morgan fingerprint density at radius 2 is 2.06 bits per heavy atom. The van der Waals surface area contributed by atoms with E-state index >= 15 is 0 Å². The number of aromatic nitrogens is 1. The average Bonchev–Trinajstić information content (AvgIpc) is 3.16. The van der Waals surface area contributed by atoms with Gasteiger partial charge in [-0.05, 0) is 57.0 Å².